The van der Waals surface area contributed by atoms with E-state index in [1.165, 1.54) is 6.07 Å². The van der Waals surface area contributed by atoms with Crippen LogP contribution in [0.15, 0.2) is 18.2 Å². The molecular weight excluding hydrogens is 378 g/mol. The van der Waals surface area contributed by atoms with Crippen LogP contribution in [-0.2, 0) is 6.42 Å². The smallest absolute Gasteiger partial charge is 0.170 e. The van der Waals surface area contributed by atoms with Crippen molar-refractivity contribution >= 4 is 30.3 Å². The number of halogens is 3. The molecule has 1 saturated heterocycles. The molecule has 1 fully saturated rings. The van der Waals surface area contributed by atoms with Crippen molar-refractivity contribution < 1.29 is 9.18 Å². The molecule has 8 heteroatoms. The van der Waals surface area contributed by atoms with Gasteiger partial charge in [0.2, 0.25) is 0 Å². The molecule has 2 aromatic rings. The molecule has 1 aromatic carbocycles. The molecule has 3 heterocycles. The molecule has 1 atom stereocenters. The van der Waals surface area contributed by atoms with E-state index in [4.69, 9.17) is 11.6 Å². The summed E-state index contributed by atoms with van der Waals surface area (Å²) in [5.74, 6) is -0.0911. The molecule has 5 nitrogen and oxygen atoms in total. The predicted octanol–water partition coefficient (Wildman–Crippen LogP) is 3.46. The fourth-order valence-electron chi connectivity index (χ4n) is 4.04. The van der Waals surface area contributed by atoms with Crippen molar-refractivity contribution in [2.75, 3.05) is 19.6 Å². The topological polar surface area (TPSA) is 61.0 Å². The number of rotatable bonds is 3. The second kappa shape index (κ2) is 8.05. The monoisotopic (exact) mass is 398 g/mol. The summed E-state index contributed by atoms with van der Waals surface area (Å²) in [4.78, 5) is 13.6. The minimum absolute atomic E-state index is 0. The second-order valence-electron chi connectivity index (χ2n) is 6.68. The molecular formula is C18H21Cl2FN4O. The minimum Gasteiger partial charge on any atom is -0.297 e. The first kappa shape index (κ1) is 19.3. The first-order chi connectivity index (χ1) is 12.2. The zero-order valence-electron chi connectivity index (χ0n) is 14.2. The molecule has 26 heavy (non-hydrogen) atoms. The van der Waals surface area contributed by atoms with Crippen LogP contribution in [0.1, 0.15) is 52.2 Å². The third kappa shape index (κ3) is 3.39. The average Bonchev–Trinajstić information content (AvgIpc) is 3.07. The number of carbonyl (C=O) groups excluding carboxylic acids is 1. The first-order valence-corrected chi connectivity index (χ1v) is 9.00. The predicted molar refractivity (Wildman–Crippen MR) is 101 cm³/mol. The lowest BCUT2D eigenvalue weighted by Gasteiger charge is -2.40. The van der Waals surface area contributed by atoms with Gasteiger partial charge in [0.25, 0.3) is 0 Å². The minimum atomic E-state index is -0.353. The number of carbonyl (C=O) groups is 1. The lowest BCUT2D eigenvalue weighted by molar-refractivity contribution is 0.109. The molecule has 0 amide bonds. The Bertz CT molecular complexity index is 789. The molecule has 2 N–H and O–H groups in total. The Morgan fingerprint density at radius 3 is 2.81 bits per heavy atom. The van der Waals surface area contributed by atoms with Crippen molar-refractivity contribution in [3.05, 3.63) is 51.6 Å². The van der Waals surface area contributed by atoms with Gasteiger partial charge >= 0.3 is 0 Å². The third-order valence-corrected chi connectivity index (χ3v) is 5.72. The van der Waals surface area contributed by atoms with Crippen LogP contribution in [-0.4, -0.2) is 41.0 Å². The van der Waals surface area contributed by atoms with Gasteiger partial charge in [-0.1, -0.05) is 23.7 Å². The van der Waals surface area contributed by atoms with E-state index in [1.54, 1.807) is 6.07 Å². The Balaban J connectivity index is 0.00000196. The maximum atomic E-state index is 13.7. The van der Waals surface area contributed by atoms with Crippen LogP contribution in [0.25, 0.3) is 0 Å². The van der Waals surface area contributed by atoms with E-state index in [1.807, 2.05) is 6.07 Å². The number of aromatic nitrogens is 2. The van der Waals surface area contributed by atoms with Crippen molar-refractivity contribution in [2.45, 2.75) is 31.3 Å². The van der Waals surface area contributed by atoms with Gasteiger partial charge in [0.1, 0.15) is 11.5 Å². The first-order valence-electron chi connectivity index (χ1n) is 8.62. The number of benzene rings is 1. The van der Waals surface area contributed by atoms with Crippen molar-refractivity contribution in [3.8, 4) is 0 Å². The van der Waals surface area contributed by atoms with E-state index >= 15 is 0 Å². The molecule has 2 aliphatic heterocycles. The number of fused-ring (bicyclic) bond motifs is 1. The number of aromatic amines is 1. The van der Waals surface area contributed by atoms with Crippen molar-refractivity contribution in [3.63, 3.8) is 0 Å². The maximum absolute atomic E-state index is 13.7. The van der Waals surface area contributed by atoms with Crippen molar-refractivity contribution in [1.29, 1.82) is 0 Å². The van der Waals surface area contributed by atoms with Crippen LogP contribution < -0.4 is 5.32 Å². The highest BCUT2D eigenvalue weighted by Crippen LogP contribution is 2.37. The van der Waals surface area contributed by atoms with Gasteiger partial charge in [-0.25, -0.2) is 4.39 Å². The van der Waals surface area contributed by atoms with Gasteiger partial charge in [-0.05, 0) is 30.4 Å². The van der Waals surface area contributed by atoms with Gasteiger partial charge in [-0.2, -0.15) is 5.10 Å². The highest BCUT2D eigenvalue weighted by Gasteiger charge is 2.33. The average molecular weight is 399 g/mol. The summed E-state index contributed by atoms with van der Waals surface area (Å²) < 4.78 is 13.7. The van der Waals surface area contributed by atoms with Crippen LogP contribution in [0.2, 0.25) is 5.02 Å². The number of nitrogens with zero attached hydrogens (tertiary/aromatic N) is 2. The zero-order chi connectivity index (χ0) is 17.4. The van der Waals surface area contributed by atoms with Gasteiger partial charge in [0.05, 0.1) is 11.2 Å². The molecule has 0 saturated carbocycles. The summed E-state index contributed by atoms with van der Waals surface area (Å²) in [6.07, 6.45) is 3.48. The Kier molecular flexibility index (Phi) is 5.97. The number of aldehydes is 1. The molecule has 4 rings (SSSR count). The van der Waals surface area contributed by atoms with Crippen LogP contribution in [0.5, 0.6) is 0 Å². The van der Waals surface area contributed by atoms with Crippen LogP contribution >= 0.6 is 24.0 Å². The number of likely N-dealkylation sites (tertiary alicyclic amines) is 1. The molecule has 0 bridgehead atoms. The number of hydrogen-bond acceptors (Lipinski definition) is 4. The van der Waals surface area contributed by atoms with Gasteiger partial charge < -0.3 is 0 Å². The molecule has 1 aromatic heterocycles. The number of nitrogens with one attached hydrogen (secondary N) is 2. The van der Waals surface area contributed by atoms with Crippen LogP contribution in [0.4, 0.5) is 4.39 Å². The highest BCUT2D eigenvalue weighted by atomic mass is 35.5. The molecule has 140 valence electrons. The number of H-pyrrole nitrogens is 1. The van der Waals surface area contributed by atoms with E-state index < -0.39 is 0 Å². The van der Waals surface area contributed by atoms with E-state index in [2.05, 4.69) is 20.4 Å². The quantitative estimate of drug-likeness (QED) is 0.777. The lowest BCUT2D eigenvalue weighted by atomic mass is 9.88. The Hall–Kier alpha value is -1.47. The maximum Gasteiger partial charge on any atom is 0.170 e. The Morgan fingerprint density at radius 1 is 1.31 bits per heavy atom. The summed E-state index contributed by atoms with van der Waals surface area (Å²) in [5, 5.41) is 10.9. The standard InChI is InChI=1S/C18H20ClFN4O.ClH/c19-17-12(2-1-3-13(17)20)11-5-8-24(9-6-11)18-16-14(4-7-21-18)22-23-15(16)10-25;/h1-3,10-11,18,21H,4-9H2,(H,22,23);1H. The molecule has 1 unspecified atom stereocenters. The summed E-state index contributed by atoms with van der Waals surface area (Å²) in [6, 6.07) is 5.04. The highest BCUT2D eigenvalue weighted by molar-refractivity contribution is 6.31. The zero-order valence-corrected chi connectivity index (χ0v) is 15.7. The molecule has 2 aliphatic rings. The van der Waals surface area contributed by atoms with Gasteiger partial charge in [0.15, 0.2) is 6.29 Å². The SMILES string of the molecule is Cl.O=Cc1n[nH]c2c1C(N1CCC(c3cccc(F)c3Cl)CC1)NCC2. The number of piperidine rings is 1. The fourth-order valence-corrected chi connectivity index (χ4v) is 4.32. The van der Waals surface area contributed by atoms with Gasteiger partial charge in [-0.15, -0.1) is 12.4 Å². The third-order valence-electron chi connectivity index (χ3n) is 5.33. The van der Waals surface area contributed by atoms with E-state index in [9.17, 15) is 9.18 Å². The van der Waals surface area contributed by atoms with Crippen LogP contribution in [0, 0.1) is 5.82 Å². The summed E-state index contributed by atoms with van der Waals surface area (Å²) in [7, 11) is 0. The van der Waals surface area contributed by atoms with E-state index in [-0.39, 0.29) is 35.3 Å². The second-order valence-corrected chi connectivity index (χ2v) is 7.06. The van der Waals surface area contributed by atoms with E-state index in [0.717, 1.165) is 62.0 Å². The summed E-state index contributed by atoms with van der Waals surface area (Å²) >= 11 is 6.15. The molecule has 0 aliphatic carbocycles. The fraction of sp³-hybridized carbons (Fsp3) is 0.444. The van der Waals surface area contributed by atoms with Gasteiger partial charge in [-0.3, -0.25) is 20.1 Å². The lowest BCUT2D eigenvalue weighted by Crippen LogP contribution is -2.45. The molecule has 0 radical (unpaired) electrons. The van der Waals surface area contributed by atoms with Crippen molar-refractivity contribution in [1.82, 2.24) is 20.4 Å². The largest absolute Gasteiger partial charge is 0.297 e. The van der Waals surface area contributed by atoms with Gasteiger partial charge in [0, 0.05) is 37.3 Å². The van der Waals surface area contributed by atoms with E-state index in [0.29, 0.717) is 5.69 Å². The molecule has 0 spiro atoms. The van der Waals surface area contributed by atoms with Crippen molar-refractivity contribution in [2.24, 2.45) is 0 Å². The number of hydrogen-bond donors (Lipinski definition) is 2. The Morgan fingerprint density at radius 2 is 2.08 bits per heavy atom. The summed E-state index contributed by atoms with van der Waals surface area (Å²) in [5.41, 5.74) is 3.41. The Labute approximate surface area is 162 Å². The van der Waals surface area contributed by atoms with Crippen LogP contribution in [0.3, 0.4) is 0 Å². The normalized spacial score (nSPS) is 21.1. The summed E-state index contributed by atoms with van der Waals surface area (Å²) in [6.45, 7) is 2.57.